The third-order valence-corrected chi connectivity index (χ3v) is 1.65. The lowest BCUT2D eigenvalue weighted by Crippen LogP contribution is -2.06. The predicted molar refractivity (Wildman–Crippen MR) is 51.9 cm³/mol. The minimum atomic E-state index is 0.482. The fourth-order valence-electron chi connectivity index (χ4n) is 0.793. The van der Waals surface area contributed by atoms with Gasteiger partial charge in [-0.15, -0.1) is 0 Å². The molecule has 1 radical (unpaired) electrons. The Labute approximate surface area is 81.3 Å². The Morgan fingerprint density at radius 2 is 1.92 bits per heavy atom. The second kappa shape index (κ2) is 8.48. The SMILES string of the molecule is COCCOO[C](C)CCC(C)C. The summed E-state index contributed by atoms with van der Waals surface area (Å²) in [5.74, 6) is 0.706. The van der Waals surface area contributed by atoms with Crippen LogP contribution < -0.4 is 0 Å². The summed E-state index contributed by atoms with van der Waals surface area (Å²) in [5.41, 5.74) is 0. The van der Waals surface area contributed by atoms with E-state index < -0.39 is 0 Å². The Balaban J connectivity index is 3.15. The third-order valence-electron chi connectivity index (χ3n) is 1.65. The summed E-state index contributed by atoms with van der Waals surface area (Å²) in [7, 11) is 1.64. The highest BCUT2D eigenvalue weighted by Gasteiger charge is 2.05. The first-order valence-electron chi connectivity index (χ1n) is 4.77. The van der Waals surface area contributed by atoms with Crippen molar-refractivity contribution in [3.63, 3.8) is 0 Å². The molecule has 0 N–H and O–H groups in total. The van der Waals surface area contributed by atoms with Crippen LogP contribution in [0.4, 0.5) is 0 Å². The highest BCUT2D eigenvalue weighted by Crippen LogP contribution is 2.14. The molecule has 0 amide bonds. The smallest absolute Gasteiger partial charge is 0.132 e. The first-order valence-corrected chi connectivity index (χ1v) is 4.77. The molecule has 0 aliphatic rings. The van der Waals surface area contributed by atoms with Crippen molar-refractivity contribution >= 4 is 0 Å². The lowest BCUT2D eigenvalue weighted by atomic mass is 10.1. The van der Waals surface area contributed by atoms with Gasteiger partial charge >= 0.3 is 0 Å². The zero-order valence-corrected chi connectivity index (χ0v) is 9.13. The largest absolute Gasteiger partial charge is 0.382 e. The van der Waals surface area contributed by atoms with E-state index in [0.717, 1.165) is 18.9 Å². The quantitative estimate of drug-likeness (QED) is 0.333. The molecule has 0 rings (SSSR count). The molecule has 0 spiro atoms. The van der Waals surface area contributed by atoms with Crippen LogP contribution in [-0.4, -0.2) is 20.3 Å². The molecule has 0 aromatic rings. The number of methoxy groups -OCH3 is 1. The van der Waals surface area contributed by atoms with Crippen molar-refractivity contribution < 1.29 is 14.5 Å². The fraction of sp³-hybridized carbons (Fsp3) is 0.900. The van der Waals surface area contributed by atoms with E-state index in [1.54, 1.807) is 7.11 Å². The van der Waals surface area contributed by atoms with Gasteiger partial charge in [0, 0.05) is 7.11 Å². The van der Waals surface area contributed by atoms with Gasteiger partial charge in [-0.2, -0.15) is 0 Å². The Morgan fingerprint density at radius 1 is 1.23 bits per heavy atom. The molecule has 3 heteroatoms. The van der Waals surface area contributed by atoms with E-state index in [9.17, 15) is 0 Å². The van der Waals surface area contributed by atoms with Gasteiger partial charge in [0.05, 0.1) is 6.61 Å². The average molecular weight is 189 g/mol. The van der Waals surface area contributed by atoms with Gasteiger partial charge in [0.1, 0.15) is 12.7 Å². The first kappa shape index (κ1) is 12.9. The van der Waals surface area contributed by atoms with Gasteiger partial charge in [0.2, 0.25) is 0 Å². The second-order valence-electron chi connectivity index (χ2n) is 3.53. The summed E-state index contributed by atoms with van der Waals surface area (Å²) in [5, 5.41) is 0. The molecule has 0 atom stereocenters. The molecule has 0 aliphatic heterocycles. The molecule has 3 nitrogen and oxygen atoms in total. The molecular weight excluding hydrogens is 168 g/mol. The van der Waals surface area contributed by atoms with Crippen LogP contribution in [0.15, 0.2) is 0 Å². The van der Waals surface area contributed by atoms with Gasteiger partial charge < -0.3 is 4.74 Å². The standard InChI is InChI=1S/C10H21O3/c1-9(2)5-6-10(3)13-12-8-7-11-4/h9H,5-8H2,1-4H3. The van der Waals surface area contributed by atoms with Crippen LogP contribution in [0.3, 0.4) is 0 Å². The Bertz CT molecular complexity index is 104. The van der Waals surface area contributed by atoms with E-state index in [0.29, 0.717) is 19.1 Å². The van der Waals surface area contributed by atoms with E-state index in [-0.39, 0.29) is 0 Å². The summed E-state index contributed by atoms with van der Waals surface area (Å²) in [4.78, 5) is 9.94. The molecule has 0 fully saturated rings. The Kier molecular flexibility index (Phi) is 8.40. The highest BCUT2D eigenvalue weighted by atomic mass is 17.2. The van der Waals surface area contributed by atoms with Gasteiger partial charge in [-0.3, -0.25) is 0 Å². The Morgan fingerprint density at radius 3 is 2.46 bits per heavy atom. The number of hydrogen-bond acceptors (Lipinski definition) is 3. The molecule has 0 aromatic carbocycles. The predicted octanol–water partition coefficient (Wildman–Crippen LogP) is 2.57. The molecule has 0 heterocycles. The average Bonchev–Trinajstić information content (AvgIpc) is 2.09. The van der Waals surface area contributed by atoms with E-state index in [1.165, 1.54) is 0 Å². The van der Waals surface area contributed by atoms with Crippen LogP contribution in [-0.2, 0) is 14.5 Å². The monoisotopic (exact) mass is 189 g/mol. The Hall–Kier alpha value is -0.120. The van der Waals surface area contributed by atoms with E-state index in [1.807, 2.05) is 6.92 Å². The summed E-state index contributed by atoms with van der Waals surface area (Å²) in [6.07, 6.45) is 3.04. The van der Waals surface area contributed by atoms with Crippen LogP contribution in [0, 0.1) is 12.0 Å². The van der Waals surface area contributed by atoms with Gasteiger partial charge in [-0.05, 0) is 25.7 Å². The maximum absolute atomic E-state index is 5.03. The number of ether oxygens (including phenoxy) is 1. The molecule has 0 aromatic heterocycles. The molecule has 79 valence electrons. The van der Waals surface area contributed by atoms with Crippen LogP contribution in [0.2, 0.25) is 0 Å². The first-order chi connectivity index (χ1) is 6.16. The van der Waals surface area contributed by atoms with Crippen molar-refractivity contribution in [2.45, 2.75) is 33.6 Å². The summed E-state index contributed by atoms with van der Waals surface area (Å²) in [6, 6.07) is 0. The van der Waals surface area contributed by atoms with Crippen molar-refractivity contribution in [3.8, 4) is 0 Å². The van der Waals surface area contributed by atoms with Gasteiger partial charge in [0.15, 0.2) is 0 Å². The van der Waals surface area contributed by atoms with Gasteiger partial charge in [0.25, 0.3) is 0 Å². The van der Waals surface area contributed by atoms with Crippen molar-refractivity contribution in [3.05, 3.63) is 6.10 Å². The fourth-order valence-corrected chi connectivity index (χ4v) is 0.793. The van der Waals surface area contributed by atoms with Crippen LogP contribution in [0.25, 0.3) is 0 Å². The normalized spacial score (nSPS) is 11.5. The maximum atomic E-state index is 5.03. The molecule has 0 saturated heterocycles. The van der Waals surface area contributed by atoms with Crippen molar-refractivity contribution in [1.82, 2.24) is 0 Å². The zero-order valence-electron chi connectivity index (χ0n) is 9.13. The number of hydrogen-bond donors (Lipinski definition) is 0. The third kappa shape index (κ3) is 9.80. The molecule has 13 heavy (non-hydrogen) atoms. The minimum Gasteiger partial charge on any atom is -0.382 e. The lowest BCUT2D eigenvalue weighted by Gasteiger charge is -2.11. The molecule has 0 bridgehead atoms. The molecular formula is C10H21O3. The maximum Gasteiger partial charge on any atom is 0.132 e. The lowest BCUT2D eigenvalue weighted by molar-refractivity contribution is -0.291. The van der Waals surface area contributed by atoms with Gasteiger partial charge in [-0.25, -0.2) is 9.78 Å². The summed E-state index contributed by atoms with van der Waals surface area (Å²) in [6.45, 7) is 7.38. The number of rotatable bonds is 8. The van der Waals surface area contributed by atoms with E-state index >= 15 is 0 Å². The summed E-state index contributed by atoms with van der Waals surface area (Å²) >= 11 is 0. The van der Waals surface area contributed by atoms with E-state index in [4.69, 9.17) is 14.5 Å². The molecule has 0 unspecified atom stereocenters. The minimum absolute atomic E-state index is 0.482. The van der Waals surface area contributed by atoms with Crippen LogP contribution in [0.5, 0.6) is 0 Å². The van der Waals surface area contributed by atoms with Gasteiger partial charge in [-0.1, -0.05) is 13.8 Å². The zero-order chi connectivity index (χ0) is 10.1. The highest BCUT2D eigenvalue weighted by molar-refractivity contribution is 4.69. The summed E-state index contributed by atoms with van der Waals surface area (Å²) < 4.78 is 4.81. The molecule has 0 saturated carbocycles. The van der Waals surface area contributed by atoms with Crippen molar-refractivity contribution in [2.75, 3.05) is 20.3 Å². The topological polar surface area (TPSA) is 27.7 Å². The van der Waals surface area contributed by atoms with Crippen LogP contribution >= 0.6 is 0 Å². The second-order valence-corrected chi connectivity index (χ2v) is 3.53. The van der Waals surface area contributed by atoms with Crippen molar-refractivity contribution in [1.29, 1.82) is 0 Å². The van der Waals surface area contributed by atoms with Crippen LogP contribution in [0.1, 0.15) is 33.6 Å². The van der Waals surface area contributed by atoms with E-state index in [2.05, 4.69) is 13.8 Å². The molecule has 0 aliphatic carbocycles. The van der Waals surface area contributed by atoms with Crippen molar-refractivity contribution in [2.24, 2.45) is 5.92 Å².